The Morgan fingerprint density at radius 1 is 1.00 bits per heavy atom. The molecule has 1 amide bonds. The number of carbonyl (C=O) groups is 3. The van der Waals surface area contributed by atoms with Crippen LogP contribution in [-0.4, -0.2) is 108 Å². The average Bonchev–Trinajstić information content (AvgIpc) is 3.76. The number of amides is 1. The molecule has 1 spiro atoms. The van der Waals surface area contributed by atoms with Crippen LogP contribution in [0, 0.1) is 31.0 Å². The number of hydrogen-bond acceptors (Lipinski definition) is 15. The Morgan fingerprint density at radius 2 is 1.78 bits per heavy atom. The number of methoxy groups -OCH3 is 2. The number of aryl methyl sites for hydroxylation is 1. The third-order valence-corrected chi connectivity index (χ3v) is 15.4. The van der Waals surface area contributed by atoms with Gasteiger partial charge >= 0.3 is 11.9 Å². The molecule has 4 aromatic carbocycles. The number of nitrogens with zero attached hydrogens (tertiary/aromatic N) is 4. The first-order chi connectivity index (χ1) is 30.7. The molecule has 7 heterocycles. The molecule has 0 radical (unpaired) electrons. The van der Waals surface area contributed by atoms with Gasteiger partial charge in [-0.15, -0.1) is 11.8 Å². The van der Waals surface area contributed by atoms with Gasteiger partial charge < -0.3 is 43.5 Å². The number of carbonyl (C=O) groups excluding carboxylic acids is 3. The highest BCUT2D eigenvalue weighted by atomic mass is 32.2. The van der Waals surface area contributed by atoms with E-state index in [1.165, 1.54) is 62.1 Å². The summed E-state index contributed by atoms with van der Waals surface area (Å²) in [4.78, 5) is 49.2. The molecule has 64 heavy (non-hydrogen) atoms. The largest absolute Gasteiger partial charge is 0.504 e. The van der Waals surface area contributed by atoms with E-state index in [0.717, 1.165) is 17.2 Å². The summed E-state index contributed by atoms with van der Waals surface area (Å²) in [6, 6.07) is 9.47. The standard InChI is InChI=1S/C47H45FN4O11S/c1-21-12-26-14-29-30(17-49)52-31-18-60-46(57)47(28-16-33(58-5)32(54)15-24(28)10-11-51(47)45(56)25-8-7-9-27(48)13-25)19-64-44(38(52)37(50(29)4)34(26)39(55)40(21)59-6)36-35(31)43-42(61-20-62-43)22(2)41(36)63-23(3)53/h7-9,12-13,15-16,29-31,37-38,44,54-55H,10-11,14,18-20H2,1-6H3/t29-,30-,31-,37-,38+,44+,47+/m0/s1. The van der Waals surface area contributed by atoms with Crippen LogP contribution in [0.1, 0.15) is 79.1 Å². The summed E-state index contributed by atoms with van der Waals surface area (Å²) in [5.41, 5.74) is 2.80. The van der Waals surface area contributed by atoms with Crippen molar-refractivity contribution in [2.45, 2.75) is 74.6 Å². The monoisotopic (exact) mass is 892 g/mol. The third-order valence-electron chi connectivity index (χ3n) is 14.0. The number of piperazine rings is 1. The van der Waals surface area contributed by atoms with Gasteiger partial charge in [0.1, 0.15) is 24.2 Å². The Hall–Kier alpha value is -6.22. The fourth-order valence-electron chi connectivity index (χ4n) is 11.3. The molecule has 332 valence electrons. The van der Waals surface area contributed by atoms with E-state index in [4.69, 9.17) is 28.4 Å². The number of fused-ring (bicyclic) bond motifs is 9. The number of thioether (sulfide) groups is 1. The van der Waals surface area contributed by atoms with Crippen molar-refractivity contribution in [3.63, 3.8) is 0 Å². The normalized spacial score (nSPS) is 26.5. The number of nitriles is 1. The zero-order valence-corrected chi connectivity index (χ0v) is 36.7. The number of hydrogen-bond donors (Lipinski definition) is 2. The molecule has 0 saturated carbocycles. The van der Waals surface area contributed by atoms with Gasteiger partial charge in [-0.2, -0.15) is 5.26 Å². The minimum Gasteiger partial charge on any atom is -0.504 e. The number of rotatable bonds is 4. The number of ether oxygens (including phenoxy) is 6. The van der Waals surface area contributed by atoms with Gasteiger partial charge in [0.25, 0.3) is 5.91 Å². The van der Waals surface area contributed by atoms with Gasteiger partial charge in [0, 0.05) is 59.1 Å². The highest BCUT2D eigenvalue weighted by molar-refractivity contribution is 7.99. The molecule has 4 bridgehead atoms. The Balaban J connectivity index is 1.27. The molecule has 0 unspecified atom stereocenters. The summed E-state index contributed by atoms with van der Waals surface area (Å²) in [7, 11) is 4.81. The molecule has 11 rings (SSSR count). The fourth-order valence-corrected chi connectivity index (χ4v) is 13.1. The number of esters is 2. The van der Waals surface area contributed by atoms with Crippen LogP contribution in [0.4, 0.5) is 4.39 Å². The van der Waals surface area contributed by atoms with Crippen molar-refractivity contribution in [1.82, 2.24) is 14.7 Å². The number of benzene rings is 4. The molecular weight excluding hydrogens is 848 g/mol. The summed E-state index contributed by atoms with van der Waals surface area (Å²) in [6.07, 6.45) is 0.642. The minimum atomic E-state index is -1.91. The Labute approximate surface area is 372 Å². The van der Waals surface area contributed by atoms with E-state index in [2.05, 4.69) is 15.9 Å². The molecule has 7 atom stereocenters. The van der Waals surface area contributed by atoms with E-state index >= 15 is 4.79 Å². The summed E-state index contributed by atoms with van der Waals surface area (Å²) in [6.45, 7) is 4.42. The summed E-state index contributed by atoms with van der Waals surface area (Å²) >= 11 is 1.29. The van der Waals surface area contributed by atoms with E-state index in [1.807, 2.05) is 20.0 Å². The summed E-state index contributed by atoms with van der Waals surface area (Å²) in [5.74, 6) is -1.72. The van der Waals surface area contributed by atoms with Crippen molar-refractivity contribution in [1.29, 1.82) is 5.26 Å². The van der Waals surface area contributed by atoms with Gasteiger partial charge in [0.05, 0.1) is 37.6 Å². The molecule has 7 aliphatic heterocycles. The van der Waals surface area contributed by atoms with Crippen LogP contribution < -0.4 is 23.7 Å². The van der Waals surface area contributed by atoms with Gasteiger partial charge in [-0.25, -0.2) is 9.18 Å². The van der Waals surface area contributed by atoms with Gasteiger partial charge in [0.15, 0.2) is 40.0 Å². The van der Waals surface area contributed by atoms with Gasteiger partial charge in [0.2, 0.25) is 6.79 Å². The smallest absolute Gasteiger partial charge is 0.337 e. The first-order valence-corrected chi connectivity index (χ1v) is 22.0. The number of likely N-dealkylation sites (N-methyl/N-ethyl adjacent to an activating group) is 1. The number of halogens is 1. The molecule has 0 aromatic heterocycles. The van der Waals surface area contributed by atoms with Crippen molar-refractivity contribution >= 4 is 29.6 Å². The maximum absolute atomic E-state index is 15.6. The first kappa shape index (κ1) is 41.8. The van der Waals surface area contributed by atoms with Crippen LogP contribution in [0.25, 0.3) is 0 Å². The van der Waals surface area contributed by atoms with Gasteiger partial charge in [-0.3, -0.25) is 19.4 Å². The molecule has 7 aliphatic rings. The second kappa shape index (κ2) is 15.2. The molecule has 17 heteroatoms. The van der Waals surface area contributed by atoms with Crippen LogP contribution in [0.5, 0.6) is 40.2 Å². The maximum Gasteiger partial charge on any atom is 0.337 e. The van der Waals surface area contributed by atoms with Crippen molar-refractivity contribution in [2.75, 3.05) is 47.0 Å². The lowest BCUT2D eigenvalue weighted by molar-refractivity contribution is -0.162. The fraction of sp³-hybridized carbons (Fsp3) is 0.404. The number of phenolic OH excluding ortho intramolecular Hbond substituents is 2. The van der Waals surface area contributed by atoms with Crippen molar-refractivity contribution in [3.8, 4) is 46.3 Å². The molecular formula is C47H45FN4O11S. The SMILES string of the molecule is COc1cc2c(cc1O)CCN(C(=O)c1cccc(F)c1)[C@]21CS[C@@H]2c3c(OC(C)=O)c(C)c4c(c3[C@H](COC1=O)N1[C@@H]2[C@@H]2c3c(cc(C)c(OC)c3O)C[C@@H]([C@@H]1C#N)N2C)OCO4. The Kier molecular flexibility index (Phi) is 9.93. The zero-order chi connectivity index (χ0) is 45.1. The van der Waals surface area contributed by atoms with E-state index in [1.54, 1.807) is 13.0 Å². The van der Waals surface area contributed by atoms with E-state index in [-0.39, 0.29) is 66.7 Å². The van der Waals surface area contributed by atoms with E-state index in [9.17, 15) is 29.5 Å². The highest BCUT2D eigenvalue weighted by Crippen LogP contribution is 2.65. The number of aromatic hydroxyl groups is 2. The zero-order valence-electron chi connectivity index (χ0n) is 35.9. The Morgan fingerprint density at radius 3 is 2.50 bits per heavy atom. The first-order valence-electron chi connectivity index (χ1n) is 20.9. The summed E-state index contributed by atoms with van der Waals surface area (Å²) < 4.78 is 51.3. The van der Waals surface area contributed by atoms with E-state index < -0.39 is 58.6 Å². The second-order valence-corrected chi connectivity index (χ2v) is 18.2. The molecule has 2 N–H and O–H groups in total. The average molecular weight is 893 g/mol. The van der Waals surface area contributed by atoms with Crippen LogP contribution in [0.3, 0.4) is 0 Å². The van der Waals surface area contributed by atoms with Gasteiger partial charge in [-0.05, 0) is 86.3 Å². The lowest BCUT2D eigenvalue weighted by Gasteiger charge is -2.62. The van der Waals surface area contributed by atoms with Crippen LogP contribution in [0.2, 0.25) is 0 Å². The summed E-state index contributed by atoms with van der Waals surface area (Å²) in [5, 5.41) is 33.7. The van der Waals surface area contributed by atoms with Crippen LogP contribution >= 0.6 is 11.8 Å². The topological polar surface area (TPSA) is 181 Å². The molecule has 2 fully saturated rings. The third kappa shape index (κ3) is 5.81. The van der Waals surface area contributed by atoms with Crippen molar-refractivity contribution < 1.29 is 57.4 Å². The lowest BCUT2D eigenvalue weighted by Crippen LogP contribution is -2.69. The molecule has 2 saturated heterocycles. The van der Waals surface area contributed by atoms with Crippen molar-refractivity contribution in [3.05, 3.63) is 98.4 Å². The van der Waals surface area contributed by atoms with E-state index in [0.29, 0.717) is 57.1 Å². The maximum atomic E-state index is 15.6. The Bertz CT molecular complexity index is 2740. The lowest BCUT2D eigenvalue weighted by atomic mass is 9.71. The molecule has 4 aromatic rings. The van der Waals surface area contributed by atoms with Crippen LogP contribution in [-0.2, 0) is 32.7 Å². The van der Waals surface area contributed by atoms with Crippen molar-refractivity contribution in [2.24, 2.45) is 0 Å². The molecule has 0 aliphatic carbocycles. The quantitative estimate of drug-likeness (QED) is 0.189. The molecule has 15 nitrogen and oxygen atoms in total. The second-order valence-electron chi connectivity index (χ2n) is 17.1. The number of phenols is 2. The van der Waals surface area contributed by atoms with Gasteiger partial charge in [-0.1, -0.05) is 12.1 Å². The highest BCUT2D eigenvalue weighted by Gasteiger charge is 2.63. The minimum absolute atomic E-state index is 0.00948. The predicted molar refractivity (Wildman–Crippen MR) is 227 cm³/mol. The van der Waals surface area contributed by atoms with Crippen LogP contribution in [0.15, 0.2) is 42.5 Å². The predicted octanol–water partition coefficient (Wildman–Crippen LogP) is 5.68.